The van der Waals surface area contributed by atoms with Gasteiger partial charge in [0, 0.05) is 18.8 Å². The molecule has 0 aliphatic carbocycles. The minimum absolute atomic E-state index is 0.339. The molecule has 0 fully saturated rings. The Morgan fingerprint density at radius 3 is 2.89 bits per heavy atom. The maximum atomic E-state index is 11.6. The molecule has 0 unspecified atom stereocenters. The number of nitrogens with one attached hydrogen (secondary N) is 1. The number of nitrogens with zero attached hydrogens (tertiary/aromatic N) is 3. The van der Waals surface area contributed by atoms with Gasteiger partial charge in [-0.1, -0.05) is 12.1 Å². The number of hydrogen-bond donors (Lipinski definition) is 1. The van der Waals surface area contributed by atoms with Gasteiger partial charge >= 0.3 is 6.09 Å². The van der Waals surface area contributed by atoms with Crippen molar-refractivity contribution in [2.75, 3.05) is 30.5 Å². The molecule has 7 nitrogen and oxygen atoms in total. The average Bonchev–Trinajstić information content (AvgIpc) is 3.04. The van der Waals surface area contributed by atoms with E-state index in [0.717, 1.165) is 41.4 Å². The maximum Gasteiger partial charge on any atom is 0.411 e. The highest BCUT2D eigenvalue weighted by Gasteiger charge is 2.22. The smallest absolute Gasteiger partial charge is 0.411 e. The molecule has 2 aromatic carbocycles. The van der Waals surface area contributed by atoms with Crippen molar-refractivity contribution in [2.24, 2.45) is 0 Å². The largest absolute Gasteiger partial charge is 0.495 e. The van der Waals surface area contributed by atoms with Crippen LogP contribution in [0.15, 0.2) is 42.5 Å². The van der Waals surface area contributed by atoms with Gasteiger partial charge in [-0.15, -0.1) is 0 Å². The highest BCUT2D eigenvalue weighted by Crippen LogP contribution is 2.32. The summed E-state index contributed by atoms with van der Waals surface area (Å²) in [6.45, 7) is 4.54. The molecular weight excluding hydrogens is 344 g/mol. The van der Waals surface area contributed by atoms with Crippen molar-refractivity contribution < 1.29 is 14.3 Å². The van der Waals surface area contributed by atoms with Crippen LogP contribution in [0.25, 0.3) is 11.0 Å². The molecule has 1 aromatic heterocycles. The maximum absolute atomic E-state index is 11.6. The zero-order chi connectivity index (χ0) is 18.8. The summed E-state index contributed by atoms with van der Waals surface area (Å²) in [6.07, 6.45) is -0.455. The predicted octanol–water partition coefficient (Wildman–Crippen LogP) is 3.63. The van der Waals surface area contributed by atoms with E-state index in [0.29, 0.717) is 18.8 Å². The Hall–Kier alpha value is -3.22. The lowest BCUT2D eigenvalue weighted by atomic mass is 10.2. The quantitative estimate of drug-likeness (QED) is 0.764. The van der Waals surface area contributed by atoms with Gasteiger partial charge in [-0.05, 0) is 37.3 Å². The second kappa shape index (κ2) is 7.19. The average molecular weight is 366 g/mol. The number of benzene rings is 2. The number of methoxy groups -OCH3 is 1. The van der Waals surface area contributed by atoms with E-state index in [9.17, 15) is 4.79 Å². The molecule has 0 radical (unpaired) electrons. The van der Waals surface area contributed by atoms with Crippen LogP contribution in [0.1, 0.15) is 12.7 Å². The van der Waals surface area contributed by atoms with Gasteiger partial charge in [-0.3, -0.25) is 5.32 Å². The van der Waals surface area contributed by atoms with Crippen LogP contribution in [0.2, 0.25) is 0 Å². The first-order chi connectivity index (χ1) is 13.2. The lowest BCUT2D eigenvalue weighted by Crippen LogP contribution is -2.33. The number of imidazole rings is 1. The Morgan fingerprint density at radius 1 is 1.22 bits per heavy atom. The summed E-state index contributed by atoms with van der Waals surface area (Å²) < 4.78 is 12.7. The summed E-state index contributed by atoms with van der Waals surface area (Å²) in [4.78, 5) is 18.7. The second-order valence-electron chi connectivity index (χ2n) is 6.32. The standard InChI is InChI=1S/C20H22N4O3/c1-3-27-20(25)21-14-8-9-16-15(12-14)22-19-13-23(10-11-24(16)19)17-6-4-5-7-18(17)26-2/h4-9,12H,3,10-11,13H2,1-2H3,(H,21,25). The number of anilines is 2. The van der Waals surface area contributed by atoms with E-state index >= 15 is 0 Å². The van der Waals surface area contributed by atoms with Crippen LogP contribution in [0.5, 0.6) is 5.75 Å². The lowest BCUT2D eigenvalue weighted by Gasteiger charge is -2.30. The van der Waals surface area contributed by atoms with E-state index in [1.165, 1.54) is 0 Å². The van der Waals surface area contributed by atoms with Crippen molar-refractivity contribution in [1.82, 2.24) is 9.55 Å². The van der Waals surface area contributed by atoms with Crippen molar-refractivity contribution >= 4 is 28.5 Å². The fraction of sp³-hybridized carbons (Fsp3) is 0.300. The number of para-hydroxylation sites is 2. The lowest BCUT2D eigenvalue weighted by molar-refractivity contribution is 0.168. The van der Waals surface area contributed by atoms with E-state index < -0.39 is 6.09 Å². The minimum atomic E-state index is -0.455. The third-order valence-corrected chi connectivity index (χ3v) is 4.70. The molecular formula is C20H22N4O3. The molecule has 2 heterocycles. The molecule has 140 valence electrons. The molecule has 7 heteroatoms. The number of hydrogen-bond acceptors (Lipinski definition) is 5. The molecule has 0 saturated heterocycles. The number of aromatic nitrogens is 2. The van der Waals surface area contributed by atoms with Gasteiger partial charge in [-0.25, -0.2) is 9.78 Å². The predicted molar refractivity (Wildman–Crippen MR) is 104 cm³/mol. The first-order valence-corrected chi connectivity index (χ1v) is 9.00. The summed E-state index contributed by atoms with van der Waals surface area (Å²) >= 11 is 0. The molecule has 1 aliphatic heterocycles. The van der Waals surface area contributed by atoms with Crippen LogP contribution in [0.4, 0.5) is 16.2 Å². The molecule has 1 N–H and O–H groups in total. The Kier molecular flexibility index (Phi) is 4.58. The van der Waals surface area contributed by atoms with E-state index in [-0.39, 0.29) is 0 Å². The highest BCUT2D eigenvalue weighted by atomic mass is 16.5. The molecule has 3 aromatic rings. The Bertz CT molecular complexity index is 983. The molecule has 1 aliphatic rings. The van der Waals surface area contributed by atoms with Gasteiger partial charge in [0.25, 0.3) is 0 Å². The number of carbonyl (C=O) groups excluding carboxylic acids is 1. The fourth-order valence-electron chi connectivity index (χ4n) is 3.48. The van der Waals surface area contributed by atoms with E-state index in [1.54, 1.807) is 14.0 Å². The van der Waals surface area contributed by atoms with Gasteiger partial charge < -0.3 is 18.9 Å². The Balaban J connectivity index is 1.61. The molecule has 1 amide bonds. The summed E-state index contributed by atoms with van der Waals surface area (Å²) in [6, 6.07) is 13.8. The zero-order valence-electron chi connectivity index (χ0n) is 15.4. The molecule has 4 rings (SSSR count). The second-order valence-corrected chi connectivity index (χ2v) is 6.32. The van der Waals surface area contributed by atoms with Gasteiger partial charge in [0.2, 0.25) is 0 Å². The Labute approximate surface area is 157 Å². The third kappa shape index (κ3) is 3.28. The topological polar surface area (TPSA) is 68.6 Å². The number of ether oxygens (including phenoxy) is 2. The summed E-state index contributed by atoms with van der Waals surface area (Å²) in [5.74, 6) is 1.86. The fourth-order valence-corrected chi connectivity index (χ4v) is 3.48. The number of rotatable bonds is 4. The van der Waals surface area contributed by atoms with Crippen LogP contribution < -0.4 is 15.0 Å². The van der Waals surface area contributed by atoms with E-state index in [1.807, 2.05) is 36.4 Å². The molecule has 0 atom stereocenters. The van der Waals surface area contributed by atoms with Gasteiger partial charge in [0.1, 0.15) is 11.6 Å². The summed E-state index contributed by atoms with van der Waals surface area (Å²) in [7, 11) is 1.69. The summed E-state index contributed by atoms with van der Waals surface area (Å²) in [5.41, 5.74) is 3.68. The van der Waals surface area contributed by atoms with Crippen molar-refractivity contribution in [3.63, 3.8) is 0 Å². The monoisotopic (exact) mass is 366 g/mol. The van der Waals surface area contributed by atoms with Crippen LogP contribution in [-0.4, -0.2) is 35.9 Å². The Morgan fingerprint density at radius 2 is 2.07 bits per heavy atom. The van der Waals surface area contributed by atoms with Crippen LogP contribution in [0, 0.1) is 0 Å². The van der Waals surface area contributed by atoms with Crippen LogP contribution in [0.3, 0.4) is 0 Å². The third-order valence-electron chi connectivity index (χ3n) is 4.70. The van der Waals surface area contributed by atoms with Crippen molar-refractivity contribution in [3.8, 4) is 5.75 Å². The van der Waals surface area contributed by atoms with Gasteiger partial charge in [0.05, 0.1) is 37.0 Å². The first kappa shape index (κ1) is 17.2. The van der Waals surface area contributed by atoms with Crippen molar-refractivity contribution in [1.29, 1.82) is 0 Å². The SMILES string of the molecule is CCOC(=O)Nc1ccc2c(c1)nc1n2CCN(c2ccccc2OC)C1. The number of carbonyl (C=O) groups is 1. The van der Waals surface area contributed by atoms with Crippen LogP contribution >= 0.6 is 0 Å². The summed E-state index contributed by atoms with van der Waals surface area (Å²) in [5, 5.41) is 2.73. The molecule has 0 spiro atoms. The molecule has 0 bridgehead atoms. The van der Waals surface area contributed by atoms with Crippen molar-refractivity contribution in [3.05, 3.63) is 48.3 Å². The van der Waals surface area contributed by atoms with Gasteiger partial charge in [0.15, 0.2) is 0 Å². The molecule has 0 saturated carbocycles. The first-order valence-electron chi connectivity index (χ1n) is 9.00. The normalized spacial score (nSPS) is 13.3. The van der Waals surface area contributed by atoms with Crippen LogP contribution in [-0.2, 0) is 17.8 Å². The highest BCUT2D eigenvalue weighted by molar-refractivity contribution is 5.89. The van der Waals surface area contributed by atoms with Gasteiger partial charge in [-0.2, -0.15) is 0 Å². The van der Waals surface area contributed by atoms with E-state index in [4.69, 9.17) is 14.5 Å². The minimum Gasteiger partial charge on any atom is -0.495 e. The number of fused-ring (bicyclic) bond motifs is 3. The zero-order valence-corrected chi connectivity index (χ0v) is 15.4. The van der Waals surface area contributed by atoms with E-state index in [2.05, 4.69) is 20.9 Å². The number of amides is 1. The molecule has 27 heavy (non-hydrogen) atoms. The van der Waals surface area contributed by atoms with Crippen molar-refractivity contribution in [2.45, 2.75) is 20.0 Å².